The minimum Gasteiger partial charge on any atom is -0.354 e. The largest absolute Gasteiger partial charge is 0.354 e. The Bertz CT molecular complexity index is 930. The molecule has 3 N–H and O–H groups in total. The molecule has 0 saturated carbocycles. The van der Waals surface area contributed by atoms with Gasteiger partial charge in [0.25, 0.3) is 0 Å². The minimum atomic E-state index is -0.985. The van der Waals surface area contributed by atoms with E-state index in [1.165, 1.54) is 11.3 Å². The number of benzene rings is 1. The third kappa shape index (κ3) is 1.99. The summed E-state index contributed by atoms with van der Waals surface area (Å²) in [6.07, 6.45) is 0. The summed E-state index contributed by atoms with van der Waals surface area (Å²) < 4.78 is 0. The van der Waals surface area contributed by atoms with Gasteiger partial charge in [-0.1, -0.05) is 29.3 Å². The zero-order valence-corrected chi connectivity index (χ0v) is 15.1. The highest BCUT2D eigenvalue weighted by atomic mass is 35.5. The first kappa shape index (κ1) is 15.6. The standard InChI is InChI=1S/C17H13Cl2N3O2S/c18-7-1-2-9-10(3-7)21-16(24)17(9)14(12-4-8(19)6-25-12)13-11(22-17)5-20-15(13)23/h1-4,6,11,13-14,22H,5H2,(H,20,23)(H,21,24)/t11-,13+,14?,17-/m1/s1. The molecule has 3 aliphatic rings. The van der Waals surface area contributed by atoms with Gasteiger partial charge in [-0.2, -0.15) is 0 Å². The summed E-state index contributed by atoms with van der Waals surface area (Å²) >= 11 is 13.7. The van der Waals surface area contributed by atoms with Crippen LogP contribution in [0.1, 0.15) is 16.4 Å². The van der Waals surface area contributed by atoms with E-state index in [0.717, 1.165) is 10.4 Å². The molecule has 2 saturated heterocycles. The van der Waals surface area contributed by atoms with Gasteiger partial charge in [0.2, 0.25) is 11.8 Å². The molecule has 1 aromatic carbocycles. The Balaban J connectivity index is 1.75. The molecule has 128 valence electrons. The minimum absolute atomic E-state index is 0.0286. The maximum atomic E-state index is 13.1. The Morgan fingerprint density at radius 1 is 1.16 bits per heavy atom. The fraction of sp³-hybridized carbons (Fsp3) is 0.294. The van der Waals surface area contributed by atoms with Crippen molar-refractivity contribution in [2.45, 2.75) is 17.5 Å². The average Bonchev–Trinajstić information content (AvgIpc) is 3.28. The van der Waals surface area contributed by atoms with Crippen LogP contribution in [-0.2, 0) is 15.1 Å². The van der Waals surface area contributed by atoms with E-state index in [4.69, 9.17) is 23.2 Å². The van der Waals surface area contributed by atoms with Crippen molar-refractivity contribution in [2.24, 2.45) is 5.92 Å². The second-order valence-electron chi connectivity index (χ2n) is 6.62. The molecule has 1 spiro atoms. The molecule has 5 rings (SSSR count). The molecule has 8 heteroatoms. The molecule has 4 heterocycles. The van der Waals surface area contributed by atoms with Crippen molar-refractivity contribution in [1.29, 1.82) is 0 Å². The van der Waals surface area contributed by atoms with Crippen molar-refractivity contribution in [2.75, 3.05) is 11.9 Å². The Morgan fingerprint density at radius 2 is 2.00 bits per heavy atom. The molecule has 0 bridgehead atoms. The van der Waals surface area contributed by atoms with Crippen molar-refractivity contribution in [3.8, 4) is 0 Å². The summed E-state index contributed by atoms with van der Waals surface area (Å²) in [7, 11) is 0. The number of carbonyl (C=O) groups is 2. The van der Waals surface area contributed by atoms with E-state index in [2.05, 4.69) is 16.0 Å². The molecule has 0 aliphatic carbocycles. The Kier molecular flexibility index (Phi) is 3.26. The molecule has 1 aromatic heterocycles. The predicted octanol–water partition coefficient (Wildman–Crippen LogP) is 2.70. The van der Waals surface area contributed by atoms with E-state index < -0.39 is 5.54 Å². The number of rotatable bonds is 1. The van der Waals surface area contributed by atoms with Gasteiger partial charge >= 0.3 is 0 Å². The topological polar surface area (TPSA) is 70.2 Å². The first-order chi connectivity index (χ1) is 12.0. The maximum absolute atomic E-state index is 13.1. The van der Waals surface area contributed by atoms with Crippen LogP contribution in [0.3, 0.4) is 0 Å². The zero-order valence-electron chi connectivity index (χ0n) is 12.8. The van der Waals surface area contributed by atoms with Crippen molar-refractivity contribution in [3.63, 3.8) is 0 Å². The van der Waals surface area contributed by atoms with Crippen molar-refractivity contribution in [3.05, 3.63) is 50.1 Å². The third-order valence-electron chi connectivity index (χ3n) is 5.38. The van der Waals surface area contributed by atoms with E-state index in [-0.39, 0.29) is 29.7 Å². The lowest BCUT2D eigenvalue weighted by Crippen LogP contribution is -2.50. The fourth-order valence-electron chi connectivity index (χ4n) is 4.45. The number of hydrogen-bond donors (Lipinski definition) is 3. The van der Waals surface area contributed by atoms with Crippen molar-refractivity contribution < 1.29 is 9.59 Å². The smallest absolute Gasteiger partial charge is 0.250 e. The summed E-state index contributed by atoms with van der Waals surface area (Å²) in [4.78, 5) is 26.6. The lowest BCUT2D eigenvalue weighted by molar-refractivity contribution is -0.124. The summed E-state index contributed by atoms with van der Waals surface area (Å²) in [6, 6.07) is 7.14. The van der Waals surface area contributed by atoms with Gasteiger partial charge in [0.1, 0.15) is 5.54 Å². The van der Waals surface area contributed by atoms with Crippen LogP contribution in [0.5, 0.6) is 0 Å². The molecular formula is C17H13Cl2N3O2S. The van der Waals surface area contributed by atoms with Crippen LogP contribution in [0, 0.1) is 5.92 Å². The van der Waals surface area contributed by atoms with Gasteiger partial charge in [-0.15, -0.1) is 11.3 Å². The molecule has 3 aliphatic heterocycles. The van der Waals surface area contributed by atoms with Crippen LogP contribution in [0.15, 0.2) is 29.6 Å². The summed E-state index contributed by atoms with van der Waals surface area (Å²) in [6.45, 7) is 0.511. The molecule has 2 aromatic rings. The van der Waals surface area contributed by atoms with Gasteiger partial charge in [-0.3, -0.25) is 14.9 Å². The summed E-state index contributed by atoms with van der Waals surface area (Å²) in [5.74, 6) is -0.817. The van der Waals surface area contributed by atoms with Gasteiger partial charge in [0.15, 0.2) is 0 Å². The van der Waals surface area contributed by atoms with Crippen molar-refractivity contribution >= 4 is 52.0 Å². The first-order valence-corrected chi connectivity index (χ1v) is 9.55. The molecule has 25 heavy (non-hydrogen) atoms. The summed E-state index contributed by atoms with van der Waals surface area (Å²) in [5.41, 5.74) is 0.540. The van der Waals surface area contributed by atoms with Crippen LogP contribution in [0.25, 0.3) is 0 Å². The number of thiophene rings is 1. The van der Waals surface area contributed by atoms with Gasteiger partial charge in [0.05, 0.1) is 10.9 Å². The van der Waals surface area contributed by atoms with E-state index in [9.17, 15) is 9.59 Å². The number of anilines is 1. The van der Waals surface area contributed by atoms with E-state index in [1.807, 2.05) is 17.5 Å². The third-order valence-corrected chi connectivity index (χ3v) is 6.98. The lowest BCUT2D eigenvalue weighted by atomic mass is 9.75. The quantitative estimate of drug-likeness (QED) is 0.697. The Labute approximate surface area is 157 Å². The normalized spacial score (nSPS) is 32.6. The van der Waals surface area contributed by atoms with E-state index in [1.54, 1.807) is 12.1 Å². The molecule has 2 fully saturated rings. The van der Waals surface area contributed by atoms with Gasteiger partial charge in [0, 0.05) is 45.0 Å². The van der Waals surface area contributed by atoms with Crippen LogP contribution >= 0.6 is 34.5 Å². The molecule has 0 radical (unpaired) electrons. The Hall–Kier alpha value is -1.60. The highest BCUT2D eigenvalue weighted by Crippen LogP contribution is 2.56. The van der Waals surface area contributed by atoms with Gasteiger partial charge in [-0.05, 0) is 18.2 Å². The van der Waals surface area contributed by atoms with Gasteiger partial charge in [-0.25, -0.2) is 0 Å². The second-order valence-corrected chi connectivity index (χ2v) is 8.43. The number of nitrogens with one attached hydrogen (secondary N) is 3. The second kappa shape index (κ2) is 5.20. The Morgan fingerprint density at radius 3 is 2.76 bits per heavy atom. The molecule has 1 unspecified atom stereocenters. The number of amides is 2. The first-order valence-electron chi connectivity index (χ1n) is 7.91. The molecule has 2 amide bonds. The van der Waals surface area contributed by atoms with Crippen LogP contribution in [-0.4, -0.2) is 24.4 Å². The number of carbonyl (C=O) groups excluding carboxylic acids is 2. The lowest BCUT2D eigenvalue weighted by Gasteiger charge is -2.31. The highest BCUT2D eigenvalue weighted by Gasteiger charge is 2.65. The maximum Gasteiger partial charge on any atom is 0.250 e. The number of hydrogen-bond acceptors (Lipinski definition) is 4. The predicted molar refractivity (Wildman–Crippen MR) is 97.3 cm³/mol. The molecule has 5 nitrogen and oxygen atoms in total. The van der Waals surface area contributed by atoms with Crippen LogP contribution in [0.2, 0.25) is 10.0 Å². The van der Waals surface area contributed by atoms with Gasteiger partial charge < -0.3 is 10.6 Å². The zero-order chi connectivity index (χ0) is 17.3. The molecule has 4 atom stereocenters. The fourth-order valence-corrected chi connectivity index (χ4v) is 5.92. The SMILES string of the molecule is O=C1NC[C@H]2N[C@@]3(C(=O)Nc4cc(Cl)ccc43)C(c3cc(Cl)cs3)[C@@H]12. The highest BCUT2D eigenvalue weighted by molar-refractivity contribution is 7.10. The average molecular weight is 394 g/mol. The molecular weight excluding hydrogens is 381 g/mol. The summed E-state index contributed by atoms with van der Waals surface area (Å²) in [5, 5.41) is 12.3. The van der Waals surface area contributed by atoms with Crippen LogP contribution in [0.4, 0.5) is 5.69 Å². The van der Waals surface area contributed by atoms with Crippen LogP contribution < -0.4 is 16.0 Å². The number of halogens is 2. The number of fused-ring (bicyclic) bond motifs is 3. The van der Waals surface area contributed by atoms with E-state index in [0.29, 0.717) is 22.3 Å². The van der Waals surface area contributed by atoms with E-state index >= 15 is 0 Å². The monoisotopic (exact) mass is 393 g/mol. The van der Waals surface area contributed by atoms with Crippen molar-refractivity contribution in [1.82, 2.24) is 10.6 Å².